The van der Waals surface area contributed by atoms with Crippen LogP contribution in [0, 0.1) is 0 Å². The quantitative estimate of drug-likeness (QED) is 0.592. The fraction of sp³-hybridized carbons (Fsp3) is 0. The van der Waals surface area contributed by atoms with Crippen molar-refractivity contribution in [1.29, 1.82) is 0 Å². The van der Waals surface area contributed by atoms with E-state index in [0.717, 1.165) is 29.4 Å². The summed E-state index contributed by atoms with van der Waals surface area (Å²) in [5, 5.41) is 0. The summed E-state index contributed by atoms with van der Waals surface area (Å²) in [5.41, 5.74) is 1.63. The summed E-state index contributed by atoms with van der Waals surface area (Å²) in [6, 6.07) is 0. The average molecular weight is 384 g/mol. The molecule has 0 amide bonds. The molecular weight excluding hydrogens is 384 g/mol. The third-order valence-corrected chi connectivity index (χ3v) is 6.66. The summed E-state index contributed by atoms with van der Waals surface area (Å²) in [5.74, 6) is 0. The zero-order valence-corrected chi connectivity index (χ0v) is 12.4. The van der Waals surface area contributed by atoms with Crippen LogP contribution in [0.3, 0.4) is 0 Å². The Kier molecular flexibility index (Phi) is 2.44. The first-order valence-electron chi connectivity index (χ1n) is 3.71. The van der Waals surface area contributed by atoms with E-state index < -0.39 is 0 Å². The highest BCUT2D eigenvalue weighted by atomic mass is 79.9. The van der Waals surface area contributed by atoms with Crippen molar-refractivity contribution in [3.8, 4) is 0 Å². The Labute approximate surface area is 112 Å². The van der Waals surface area contributed by atoms with Gasteiger partial charge in [0.05, 0.1) is 30.1 Å². The molecule has 3 aromatic rings. The molecule has 0 aliphatic carbocycles. The SMILES string of the molecule is O=c1sc2c(Br)c3nsnc3c(Br)c2s1. The summed E-state index contributed by atoms with van der Waals surface area (Å²) >= 11 is 10.6. The van der Waals surface area contributed by atoms with E-state index >= 15 is 0 Å². The molecule has 3 nitrogen and oxygen atoms in total. The van der Waals surface area contributed by atoms with E-state index in [1.165, 1.54) is 34.4 Å². The van der Waals surface area contributed by atoms with Gasteiger partial charge in [-0.05, 0) is 31.9 Å². The Balaban J connectivity index is 2.73. The van der Waals surface area contributed by atoms with Crippen LogP contribution < -0.4 is 4.06 Å². The average Bonchev–Trinajstić information content (AvgIpc) is 2.79. The Bertz CT molecular complexity index is 672. The molecule has 0 fully saturated rings. The van der Waals surface area contributed by atoms with Crippen LogP contribution in [0.1, 0.15) is 0 Å². The first kappa shape index (κ1) is 10.3. The predicted molar refractivity (Wildman–Crippen MR) is 72.3 cm³/mol. The number of nitrogens with zero attached hydrogens (tertiary/aromatic N) is 2. The summed E-state index contributed by atoms with van der Waals surface area (Å²) < 4.78 is 12.1. The summed E-state index contributed by atoms with van der Waals surface area (Å²) in [6.45, 7) is 0. The Morgan fingerprint density at radius 2 is 1.40 bits per heavy atom. The number of rotatable bonds is 0. The molecular formula is C7Br2N2OS3. The molecule has 8 heteroatoms. The lowest BCUT2D eigenvalue weighted by Gasteiger charge is -1.97. The van der Waals surface area contributed by atoms with Gasteiger partial charge in [0, 0.05) is 0 Å². The second-order valence-electron chi connectivity index (χ2n) is 2.70. The van der Waals surface area contributed by atoms with Gasteiger partial charge in [-0.2, -0.15) is 8.75 Å². The van der Waals surface area contributed by atoms with Crippen molar-refractivity contribution in [1.82, 2.24) is 8.75 Å². The normalized spacial score (nSPS) is 11.6. The number of aromatic nitrogens is 2. The fourth-order valence-corrected chi connectivity index (χ4v) is 5.76. The number of hydrogen-bond acceptors (Lipinski definition) is 6. The molecule has 76 valence electrons. The van der Waals surface area contributed by atoms with Crippen molar-refractivity contribution >= 4 is 86.7 Å². The molecule has 0 aliphatic heterocycles. The fourth-order valence-electron chi connectivity index (χ4n) is 1.26. The monoisotopic (exact) mass is 382 g/mol. The van der Waals surface area contributed by atoms with Crippen LogP contribution >= 0.6 is 66.3 Å². The van der Waals surface area contributed by atoms with Gasteiger partial charge in [-0.15, -0.1) is 0 Å². The molecule has 2 aromatic heterocycles. The van der Waals surface area contributed by atoms with E-state index in [9.17, 15) is 4.79 Å². The Hall–Kier alpha value is 0.110. The van der Waals surface area contributed by atoms with Gasteiger partial charge in [0.25, 0.3) is 4.06 Å². The van der Waals surface area contributed by atoms with Gasteiger partial charge in [0.2, 0.25) is 0 Å². The highest BCUT2D eigenvalue weighted by molar-refractivity contribution is 9.11. The second kappa shape index (κ2) is 3.56. The van der Waals surface area contributed by atoms with E-state index in [1.54, 1.807) is 0 Å². The van der Waals surface area contributed by atoms with E-state index in [2.05, 4.69) is 40.6 Å². The third-order valence-electron chi connectivity index (χ3n) is 1.88. The van der Waals surface area contributed by atoms with Crippen molar-refractivity contribution in [2.24, 2.45) is 0 Å². The molecule has 3 rings (SSSR count). The smallest absolute Gasteiger partial charge is 0.265 e. The van der Waals surface area contributed by atoms with Crippen LogP contribution in [0.25, 0.3) is 20.4 Å². The third kappa shape index (κ3) is 1.42. The van der Waals surface area contributed by atoms with Crippen molar-refractivity contribution in [3.05, 3.63) is 17.8 Å². The van der Waals surface area contributed by atoms with Crippen molar-refractivity contribution < 1.29 is 0 Å². The largest absolute Gasteiger partial charge is 0.288 e. The van der Waals surface area contributed by atoms with E-state index in [1.807, 2.05) is 0 Å². The minimum Gasteiger partial charge on any atom is -0.265 e. The number of hydrogen-bond donors (Lipinski definition) is 0. The lowest BCUT2D eigenvalue weighted by molar-refractivity contribution is 1.65. The number of halogens is 2. The molecule has 0 saturated heterocycles. The van der Waals surface area contributed by atoms with Crippen LogP contribution in [0.2, 0.25) is 0 Å². The summed E-state index contributed by atoms with van der Waals surface area (Å²) in [4.78, 5) is 11.4. The van der Waals surface area contributed by atoms with Gasteiger partial charge in [-0.1, -0.05) is 22.7 Å². The molecule has 1 aromatic carbocycles. The predicted octanol–water partition coefficient (Wildman–Crippen LogP) is 3.85. The van der Waals surface area contributed by atoms with E-state index in [0.29, 0.717) is 0 Å². The Morgan fingerprint density at radius 3 is 1.87 bits per heavy atom. The Morgan fingerprint density at radius 1 is 0.933 bits per heavy atom. The molecule has 0 spiro atoms. The first-order chi connectivity index (χ1) is 7.18. The number of benzene rings is 1. The molecule has 0 N–H and O–H groups in total. The van der Waals surface area contributed by atoms with Crippen LogP contribution in [0.5, 0.6) is 0 Å². The van der Waals surface area contributed by atoms with E-state index in [4.69, 9.17) is 0 Å². The van der Waals surface area contributed by atoms with Crippen LogP contribution in [0.4, 0.5) is 0 Å². The lowest BCUT2D eigenvalue weighted by atomic mass is 10.3. The van der Waals surface area contributed by atoms with Crippen LogP contribution in [-0.2, 0) is 0 Å². The summed E-state index contributed by atoms with van der Waals surface area (Å²) in [6.07, 6.45) is 0. The van der Waals surface area contributed by atoms with Crippen molar-refractivity contribution in [2.45, 2.75) is 0 Å². The highest BCUT2D eigenvalue weighted by Crippen LogP contribution is 2.41. The van der Waals surface area contributed by atoms with Gasteiger partial charge in [0.15, 0.2) is 0 Å². The maximum atomic E-state index is 11.4. The minimum atomic E-state index is 0.0859. The standard InChI is InChI=1S/C7Br2N2OS3/c8-1-3-4(11-15-10-3)2(9)6-5(1)13-7(12)14-6. The molecule has 0 aliphatic rings. The molecule has 0 unspecified atom stereocenters. The van der Waals surface area contributed by atoms with Gasteiger partial charge in [0.1, 0.15) is 11.0 Å². The molecule has 0 saturated carbocycles. The molecule has 0 bridgehead atoms. The second-order valence-corrected chi connectivity index (χ2v) is 7.04. The molecule has 2 heterocycles. The first-order valence-corrected chi connectivity index (χ1v) is 7.66. The maximum absolute atomic E-state index is 11.4. The zero-order chi connectivity index (χ0) is 10.6. The molecule has 15 heavy (non-hydrogen) atoms. The lowest BCUT2D eigenvalue weighted by Crippen LogP contribution is -1.75. The topological polar surface area (TPSA) is 42.9 Å². The van der Waals surface area contributed by atoms with Gasteiger partial charge in [-0.25, -0.2) is 0 Å². The maximum Gasteiger partial charge on any atom is 0.288 e. The summed E-state index contributed by atoms with van der Waals surface area (Å²) in [7, 11) is 0. The van der Waals surface area contributed by atoms with Gasteiger partial charge in [-0.3, -0.25) is 4.79 Å². The number of fused-ring (bicyclic) bond motifs is 2. The molecule has 0 radical (unpaired) electrons. The van der Waals surface area contributed by atoms with Gasteiger partial charge >= 0.3 is 0 Å². The van der Waals surface area contributed by atoms with Crippen LogP contribution in [0.15, 0.2) is 13.7 Å². The van der Waals surface area contributed by atoms with Crippen molar-refractivity contribution in [2.75, 3.05) is 0 Å². The van der Waals surface area contributed by atoms with Gasteiger partial charge < -0.3 is 0 Å². The van der Waals surface area contributed by atoms with Crippen molar-refractivity contribution in [3.63, 3.8) is 0 Å². The minimum absolute atomic E-state index is 0.0859. The highest BCUT2D eigenvalue weighted by Gasteiger charge is 2.16. The van der Waals surface area contributed by atoms with E-state index in [-0.39, 0.29) is 4.06 Å². The van der Waals surface area contributed by atoms with Crippen LogP contribution in [-0.4, -0.2) is 8.75 Å². The molecule has 0 atom stereocenters. The zero-order valence-electron chi connectivity index (χ0n) is 6.78.